The molecule has 0 aliphatic carbocycles. The topological polar surface area (TPSA) is 279 Å². The third kappa shape index (κ3) is 13.1. The third-order valence-electron chi connectivity index (χ3n) is 10.1. The van der Waals surface area contributed by atoms with E-state index in [0.29, 0.717) is 77.5 Å². The van der Waals surface area contributed by atoms with Crippen molar-refractivity contribution in [1.82, 2.24) is 29.9 Å². The summed E-state index contributed by atoms with van der Waals surface area (Å²) < 4.78 is 74.2. The first-order valence-corrected chi connectivity index (χ1v) is 24.4. The van der Waals surface area contributed by atoms with E-state index >= 15 is 0 Å². The fourth-order valence-corrected chi connectivity index (χ4v) is 8.27. The van der Waals surface area contributed by atoms with E-state index in [2.05, 4.69) is 56.2 Å². The Kier molecular flexibility index (Phi) is 16.3. The van der Waals surface area contributed by atoms with Crippen LogP contribution in [0.25, 0.3) is 12.2 Å². The molecule has 0 spiro atoms. The molecule has 0 aliphatic heterocycles. The number of nitrogens with zero attached hydrogens (tertiary/aromatic N) is 8. The molecule has 67 heavy (non-hydrogen) atoms. The second kappa shape index (κ2) is 21.9. The van der Waals surface area contributed by atoms with E-state index < -0.39 is 25.1 Å². The summed E-state index contributed by atoms with van der Waals surface area (Å²) in [6, 6.07) is 19.4. The Bertz CT molecular complexity index is 2990. The molecule has 354 valence electrons. The van der Waals surface area contributed by atoms with E-state index in [-0.39, 0.29) is 39.9 Å². The standard InChI is InChI=1S/C43H50N12O9S3/c1-8-54(9-2)42-50-38(48-40(52-42)46-34-22-26(5)12-13-27(34)6)44-31-19-17-29(36(23-31)65-64-63-56)15-16-30-18-20-32(24-37(30)67(60,61)62)45-39-49-41(53-43(51-39)55(10-3)11-4)47-35-25-33(66(57,58)59)21-14-28(35)7/h12-25,56H,8-11H2,1-7H3,(H,57,58,59)(H,60,61,62)(H2,44,46,48,50,52)(H2,45,47,49,51,53). The van der Waals surface area contributed by atoms with Crippen molar-refractivity contribution in [1.29, 1.82) is 0 Å². The van der Waals surface area contributed by atoms with E-state index in [4.69, 9.17) is 9.59 Å². The highest BCUT2D eigenvalue weighted by molar-refractivity contribution is 7.94. The van der Waals surface area contributed by atoms with Gasteiger partial charge in [0, 0.05) is 53.8 Å². The van der Waals surface area contributed by atoms with Crippen LogP contribution >= 0.6 is 12.0 Å². The predicted octanol–water partition coefficient (Wildman–Crippen LogP) is 8.74. The molecule has 6 rings (SSSR count). The van der Waals surface area contributed by atoms with Crippen LogP contribution in [0.15, 0.2) is 87.5 Å². The molecule has 0 bridgehead atoms. The number of rotatable bonds is 21. The van der Waals surface area contributed by atoms with Crippen LogP contribution in [0.4, 0.5) is 58.4 Å². The smallest absolute Gasteiger partial charge is 0.295 e. The first kappa shape index (κ1) is 49.9. The van der Waals surface area contributed by atoms with Gasteiger partial charge in [-0.1, -0.05) is 47.5 Å². The molecular formula is C43H50N12O9S3. The van der Waals surface area contributed by atoms with E-state index in [1.165, 1.54) is 36.4 Å². The van der Waals surface area contributed by atoms with E-state index in [1.807, 2.05) is 69.5 Å². The summed E-state index contributed by atoms with van der Waals surface area (Å²) in [5, 5.41) is 25.4. The van der Waals surface area contributed by atoms with Crippen molar-refractivity contribution >= 4 is 103 Å². The Morgan fingerprint density at radius 3 is 1.57 bits per heavy atom. The number of anilines is 10. The minimum atomic E-state index is -4.81. The molecule has 0 unspecified atom stereocenters. The summed E-state index contributed by atoms with van der Waals surface area (Å²) in [6.45, 7) is 15.9. The molecule has 7 N–H and O–H groups in total. The van der Waals surface area contributed by atoms with Crippen molar-refractivity contribution in [3.05, 3.63) is 101 Å². The van der Waals surface area contributed by atoms with Gasteiger partial charge in [-0.15, -0.1) is 4.33 Å². The average Bonchev–Trinajstić information content (AvgIpc) is 3.27. The lowest BCUT2D eigenvalue weighted by molar-refractivity contribution is -0.432. The molecule has 0 radical (unpaired) electrons. The summed E-state index contributed by atoms with van der Waals surface area (Å²) in [5.74, 6) is 1.28. The highest BCUT2D eigenvalue weighted by Crippen LogP contribution is 2.32. The SMILES string of the molecule is CCN(CC)c1nc(Nc2ccc(C=Cc3ccc(Nc4nc(Nc5cc(S(=O)(=O)O)ccc5C)nc(N(CC)CC)n4)cc3S(=O)(=O)O)c(SOOO)c2)nc(Nc2cc(C)ccc2C)n1. The summed E-state index contributed by atoms with van der Waals surface area (Å²) >= 11 is 0.673. The molecule has 4 aromatic carbocycles. The zero-order valence-electron chi connectivity index (χ0n) is 37.5. The van der Waals surface area contributed by atoms with Gasteiger partial charge in [0.15, 0.2) is 0 Å². The van der Waals surface area contributed by atoms with Gasteiger partial charge >= 0.3 is 0 Å². The molecule has 0 fully saturated rings. The van der Waals surface area contributed by atoms with Crippen LogP contribution in [0, 0.1) is 20.8 Å². The van der Waals surface area contributed by atoms with Gasteiger partial charge in [0.25, 0.3) is 20.2 Å². The first-order chi connectivity index (χ1) is 31.9. The maximum atomic E-state index is 12.8. The number of hydrogen-bond acceptors (Lipinski definition) is 20. The second-order valence-electron chi connectivity index (χ2n) is 14.7. The van der Waals surface area contributed by atoms with Crippen molar-refractivity contribution in [2.45, 2.75) is 63.2 Å². The van der Waals surface area contributed by atoms with Crippen LogP contribution in [0.2, 0.25) is 0 Å². The maximum absolute atomic E-state index is 12.8. The van der Waals surface area contributed by atoms with Gasteiger partial charge in [-0.2, -0.15) is 46.7 Å². The van der Waals surface area contributed by atoms with E-state index in [1.54, 1.807) is 37.3 Å². The zero-order chi connectivity index (χ0) is 48.5. The van der Waals surface area contributed by atoms with Gasteiger partial charge in [0.2, 0.25) is 35.7 Å². The van der Waals surface area contributed by atoms with Crippen molar-refractivity contribution in [3.8, 4) is 0 Å². The number of hydrogen-bond donors (Lipinski definition) is 7. The molecule has 24 heteroatoms. The van der Waals surface area contributed by atoms with Crippen molar-refractivity contribution in [2.24, 2.45) is 0 Å². The summed E-state index contributed by atoms with van der Waals surface area (Å²) in [4.78, 5) is 30.9. The highest BCUT2D eigenvalue weighted by Gasteiger charge is 2.19. The molecule has 0 saturated heterocycles. The zero-order valence-corrected chi connectivity index (χ0v) is 40.0. The summed E-state index contributed by atoms with van der Waals surface area (Å²) in [7, 11) is -9.32. The van der Waals surface area contributed by atoms with Gasteiger partial charge in [-0.05, 0) is 119 Å². The van der Waals surface area contributed by atoms with Crippen LogP contribution < -0.4 is 31.1 Å². The quantitative estimate of drug-likeness (QED) is 0.0117. The Balaban J connectivity index is 1.30. The fourth-order valence-electron chi connectivity index (χ4n) is 6.54. The van der Waals surface area contributed by atoms with Crippen LogP contribution in [-0.4, -0.2) is 87.3 Å². The Labute approximate surface area is 392 Å². The number of nitrogens with one attached hydrogen (secondary N) is 4. The van der Waals surface area contributed by atoms with E-state index in [0.717, 1.165) is 16.8 Å². The molecule has 6 aromatic rings. The van der Waals surface area contributed by atoms with Crippen LogP contribution in [-0.2, 0) is 29.6 Å². The molecule has 0 saturated carbocycles. The monoisotopic (exact) mass is 974 g/mol. The molecule has 21 nitrogen and oxygen atoms in total. The third-order valence-corrected chi connectivity index (χ3v) is 12.6. The van der Waals surface area contributed by atoms with Gasteiger partial charge in [0.05, 0.1) is 16.9 Å². The summed E-state index contributed by atoms with van der Waals surface area (Å²) in [6.07, 6.45) is 3.05. The number of aryl methyl sites for hydroxylation is 3. The van der Waals surface area contributed by atoms with Crippen LogP contribution in [0.5, 0.6) is 0 Å². The van der Waals surface area contributed by atoms with Crippen LogP contribution in [0.1, 0.15) is 55.5 Å². The molecule has 0 amide bonds. The van der Waals surface area contributed by atoms with Crippen molar-refractivity contribution in [2.75, 3.05) is 57.2 Å². The van der Waals surface area contributed by atoms with Crippen LogP contribution in [0.3, 0.4) is 0 Å². The van der Waals surface area contributed by atoms with Gasteiger partial charge < -0.3 is 31.1 Å². The molecular weight excluding hydrogens is 925 g/mol. The van der Waals surface area contributed by atoms with Crippen molar-refractivity contribution < 1.29 is 40.6 Å². The molecule has 0 atom stereocenters. The number of benzene rings is 4. The number of aromatic nitrogens is 6. The van der Waals surface area contributed by atoms with Crippen molar-refractivity contribution in [3.63, 3.8) is 0 Å². The maximum Gasteiger partial charge on any atom is 0.295 e. The Hall–Kier alpha value is -6.51. The summed E-state index contributed by atoms with van der Waals surface area (Å²) in [5.41, 5.74) is 5.16. The highest BCUT2D eigenvalue weighted by atomic mass is 32.2. The largest absolute Gasteiger partial charge is 0.341 e. The van der Waals surface area contributed by atoms with Gasteiger partial charge in [-0.25, -0.2) is 5.26 Å². The first-order valence-electron chi connectivity index (χ1n) is 20.7. The normalized spacial score (nSPS) is 11.7. The molecule has 0 aliphatic rings. The Morgan fingerprint density at radius 2 is 1.06 bits per heavy atom. The minimum absolute atomic E-state index is 0.00987. The molecule has 2 aromatic heterocycles. The lowest BCUT2D eigenvalue weighted by Gasteiger charge is -2.20. The fraction of sp³-hybridized carbons (Fsp3) is 0.256. The second-order valence-corrected chi connectivity index (χ2v) is 18.3. The van der Waals surface area contributed by atoms with Gasteiger partial charge in [0.1, 0.15) is 4.90 Å². The van der Waals surface area contributed by atoms with Gasteiger partial charge in [-0.3, -0.25) is 9.11 Å². The minimum Gasteiger partial charge on any atom is -0.341 e. The molecule has 2 heterocycles. The lowest BCUT2D eigenvalue weighted by Crippen LogP contribution is -2.25. The van der Waals surface area contributed by atoms with E-state index in [9.17, 15) is 25.9 Å². The lowest BCUT2D eigenvalue weighted by atomic mass is 10.1. The average molecular weight is 975 g/mol. The predicted molar refractivity (Wildman–Crippen MR) is 259 cm³/mol. The Morgan fingerprint density at radius 1 is 0.582 bits per heavy atom.